The van der Waals surface area contributed by atoms with E-state index in [0.717, 1.165) is 0 Å². The Balaban J connectivity index is 1.45. The molecule has 4 aromatic rings. The first-order valence-electron chi connectivity index (χ1n) is 13.8. The number of rotatable bonds is 8. The van der Waals surface area contributed by atoms with Gasteiger partial charge in [0, 0.05) is 24.7 Å². The number of hydrogen-bond donors (Lipinski definition) is 2. The van der Waals surface area contributed by atoms with Crippen LogP contribution in [0, 0.1) is 11.3 Å². The van der Waals surface area contributed by atoms with Crippen LogP contribution in [0.5, 0.6) is 11.5 Å². The molecule has 11 nitrogen and oxygen atoms in total. The van der Waals surface area contributed by atoms with Gasteiger partial charge in [-0.25, -0.2) is 14.8 Å². The number of nitriles is 1. The molecule has 0 saturated carbocycles. The van der Waals surface area contributed by atoms with Crippen LogP contribution in [0.3, 0.4) is 0 Å². The predicted molar refractivity (Wildman–Crippen MR) is 160 cm³/mol. The second-order valence-electron chi connectivity index (χ2n) is 11.2. The Morgan fingerprint density at radius 1 is 1.14 bits per heavy atom. The van der Waals surface area contributed by atoms with E-state index in [1.807, 2.05) is 58.0 Å². The minimum absolute atomic E-state index is 0.0629. The second-order valence-corrected chi connectivity index (χ2v) is 11.2. The smallest absolute Gasteiger partial charge is 0.335 e. The molecule has 0 spiro atoms. The first-order chi connectivity index (χ1) is 20.1. The van der Waals surface area contributed by atoms with E-state index in [0.29, 0.717) is 41.3 Å². The van der Waals surface area contributed by atoms with Crippen LogP contribution in [-0.4, -0.2) is 54.6 Å². The number of ether oxygens (including phenoxy) is 1. The van der Waals surface area contributed by atoms with Crippen molar-refractivity contribution in [2.45, 2.75) is 51.7 Å². The van der Waals surface area contributed by atoms with E-state index in [-0.39, 0.29) is 41.6 Å². The van der Waals surface area contributed by atoms with Crippen LogP contribution >= 0.6 is 0 Å². The van der Waals surface area contributed by atoms with Crippen LogP contribution < -0.4 is 21.5 Å². The molecule has 2 aromatic carbocycles. The van der Waals surface area contributed by atoms with Crippen molar-refractivity contribution in [3.63, 3.8) is 0 Å². The Kier molecular flexibility index (Phi) is 7.83. The standard InChI is InChI=1S/C31H34N8O3/c1-20(2)36-31(3,4)16-21(17-32)29(40)37-15-14-23(18-37)39-28-26(27(33)34-19-35-28)38(30(39)41)22-10-12-25(13-11-22)42-24-8-6-5-7-9-24/h5-13,16,19-20,23,36H,14-15,18H2,1-4H3,(H2,33,34,35)/t23-/m0/s1. The summed E-state index contributed by atoms with van der Waals surface area (Å²) in [6.45, 7) is 8.50. The maximum atomic E-state index is 14.0. The third-order valence-corrected chi connectivity index (χ3v) is 7.09. The van der Waals surface area contributed by atoms with Crippen molar-refractivity contribution < 1.29 is 9.53 Å². The van der Waals surface area contributed by atoms with Crippen molar-refractivity contribution in [2.75, 3.05) is 18.8 Å². The van der Waals surface area contributed by atoms with Gasteiger partial charge in [0.15, 0.2) is 11.5 Å². The summed E-state index contributed by atoms with van der Waals surface area (Å²) in [6.07, 6.45) is 3.51. The van der Waals surface area contributed by atoms with Gasteiger partial charge in [-0.1, -0.05) is 32.0 Å². The number of para-hydroxylation sites is 1. The summed E-state index contributed by atoms with van der Waals surface area (Å²) in [7, 11) is 0. The molecule has 5 rings (SSSR count). The van der Waals surface area contributed by atoms with Crippen molar-refractivity contribution >= 4 is 22.9 Å². The lowest BCUT2D eigenvalue weighted by atomic mass is 10.00. The lowest BCUT2D eigenvalue weighted by Gasteiger charge is -2.26. The van der Waals surface area contributed by atoms with Crippen molar-refractivity contribution in [1.29, 1.82) is 5.26 Å². The van der Waals surface area contributed by atoms with Gasteiger partial charge in [0.1, 0.15) is 35.0 Å². The lowest BCUT2D eigenvalue weighted by molar-refractivity contribution is -0.125. The number of amides is 1. The molecule has 1 aliphatic heterocycles. The van der Waals surface area contributed by atoms with Gasteiger partial charge in [0.2, 0.25) is 0 Å². The number of imidazole rings is 1. The Morgan fingerprint density at radius 3 is 2.50 bits per heavy atom. The van der Waals surface area contributed by atoms with Crippen molar-refractivity contribution in [1.82, 2.24) is 29.3 Å². The average molecular weight is 567 g/mol. The molecule has 1 fully saturated rings. The van der Waals surface area contributed by atoms with Crippen LogP contribution in [0.2, 0.25) is 0 Å². The molecule has 3 heterocycles. The number of carbonyl (C=O) groups excluding carboxylic acids is 1. The molecule has 1 amide bonds. The van der Waals surface area contributed by atoms with Crippen LogP contribution in [0.25, 0.3) is 16.9 Å². The summed E-state index contributed by atoms with van der Waals surface area (Å²) in [4.78, 5) is 37.5. The third kappa shape index (κ3) is 5.75. The number of hydrogen-bond acceptors (Lipinski definition) is 8. The summed E-state index contributed by atoms with van der Waals surface area (Å²) >= 11 is 0. The van der Waals surface area contributed by atoms with E-state index in [1.54, 1.807) is 39.8 Å². The Morgan fingerprint density at radius 2 is 1.83 bits per heavy atom. The normalized spacial score (nSPS) is 15.8. The monoisotopic (exact) mass is 566 g/mol. The van der Waals surface area contributed by atoms with Gasteiger partial charge in [-0.2, -0.15) is 5.26 Å². The molecular formula is C31H34N8O3. The van der Waals surface area contributed by atoms with Gasteiger partial charge in [-0.05, 0) is 62.7 Å². The topological polar surface area (TPSA) is 144 Å². The Labute approximate surface area is 243 Å². The quantitative estimate of drug-likeness (QED) is 0.241. The van der Waals surface area contributed by atoms with Gasteiger partial charge in [0.05, 0.1) is 11.7 Å². The number of anilines is 1. The SMILES string of the molecule is CC(C)NC(C)(C)C=C(C#N)C(=O)N1CC[C@H](n2c(=O)n(-c3ccc(Oc4ccccc4)cc3)c3c(N)ncnc32)C1. The molecule has 1 aliphatic rings. The largest absolute Gasteiger partial charge is 0.457 e. The molecule has 0 bridgehead atoms. The van der Waals surface area contributed by atoms with Gasteiger partial charge in [0.25, 0.3) is 5.91 Å². The summed E-state index contributed by atoms with van der Waals surface area (Å²) in [6, 6.07) is 18.4. The Bertz CT molecular complexity index is 1730. The first-order valence-corrected chi connectivity index (χ1v) is 13.8. The Hall–Kier alpha value is -4.95. The number of nitrogens with two attached hydrogens (primary N) is 1. The average Bonchev–Trinajstić information content (AvgIpc) is 3.54. The third-order valence-electron chi connectivity index (χ3n) is 7.09. The number of fused-ring (bicyclic) bond motifs is 1. The number of likely N-dealkylation sites (tertiary alicyclic amines) is 1. The molecule has 0 radical (unpaired) electrons. The molecule has 3 N–H and O–H groups in total. The predicted octanol–water partition coefficient (Wildman–Crippen LogP) is 3.96. The van der Waals surface area contributed by atoms with Crippen LogP contribution in [0.1, 0.15) is 40.2 Å². The van der Waals surface area contributed by atoms with E-state index in [4.69, 9.17) is 10.5 Å². The van der Waals surface area contributed by atoms with Crippen LogP contribution in [0.15, 0.2) is 77.4 Å². The van der Waals surface area contributed by atoms with Crippen molar-refractivity contribution in [3.8, 4) is 23.3 Å². The van der Waals surface area contributed by atoms with Gasteiger partial charge < -0.3 is 20.7 Å². The zero-order valence-electron chi connectivity index (χ0n) is 24.1. The molecule has 0 aliphatic carbocycles. The highest BCUT2D eigenvalue weighted by atomic mass is 16.5. The molecule has 1 saturated heterocycles. The second kappa shape index (κ2) is 11.5. The van der Waals surface area contributed by atoms with E-state index in [1.165, 1.54) is 10.9 Å². The van der Waals surface area contributed by atoms with E-state index < -0.39 is 5.54 Å². The number of nitrogen functional groups attached to an aromatic ring is 1. The van der Waals surface area contributed by atoms with Crippen LogP contribution in [-0.2, 0) is 4.79 Å². The van der Waals surface area contributed by atoms with Crippen molar-refractivity contribution in [3.05, 3.63) is 83.1 Å². The van der Waals surface area contributed by atoms with E-state index in [2.05, 4.69) is 21.4 Å². The molecule has 2 aromatic heterocycles. The highest BCUT2D eigenvalue weighted by Crippen LogP contribution is 2.29. The zero-order valence-corrected chi connectivity index (χ0v) is 24.1. The van der Waals surface area contributed by atoms with Crippen LogP contribution in [0.4, 0.5) is 5.82 Å². The molecule has 216 valence electrons. The van der Waals surface area contributed by atoms with Gasteiger partial charge in [-0.15, -0.1) is 0 Å². The summed E-state index contributed by atoms with van der Waals surface area (Å²) in [5, 5.41) is 13.1. The van der Waals surface area contributed by atoms with Gasteiger partial charge in [-0.3, -0.25) is 13.9 Å². The molecule has 0 unspecified atom stereocenters. The van der Waals surface area contributed by atoms with E-state index >= 15 is 0 Å². The molecule has 11 heteroatoms. The fourth-order valence-corrected chi connectivity index (χ4v) is 5.52. The summed E-state index contributed by atoms with van der Waals surface area (Å²) < 4.78 is 8.96. The fraction of sp³-hybridized carbons (Fsp3) is 0.323. The zero-order chi connectivity index (χ0) is 30.0. The van der Waals surface area contributed by atoms with E-state index in [9.17, 15) is 14.9 Å². The van der Waals surface area contributed by atoms with Crippen molar-refractivity contribution in [2.24, 2.45) is 0 Å². The number of nitrogens with one attached hydrogen (secondary N) is 1. The maximum Gasteiger partial charge on any atom is 0.335 e. The molecule has 1 atom stereocenters. The lowest BCUT2D eigenvalue weighted by Crippen LogP contribution is -2.43. The minimum atomic E-state index is -0.547. The number of carbonyl (C=O) groups is 1. The molecule has 42 heavy (non-hydrogen) atoms. The highest BCUT2D eigenvalue weighted by molar-refractivity contribution is 5.97. The maximum absolute atomic E-state index is 14.0. The summed E-state index contributed by atoms with van der Waals surface area (Å²) in [5.41, 5.74) is 6.80. The first kappa shape index (κ1) is 28.6. The number of aromatic nitrogens is 4. The van der Waals surface area contributed by atoms with Gasteiger partial charge >= 0.3 is 5.69 Å². The summed E-state index contributed by atoms with van der Waals surface area (Å²) in [5.74, 6) is 1.12. The highest BCUT2D eigenvalue weighted by Gasteiger charge is 2.33. The minimum Gasteiger partial charge on any atom is -0.457 e. The number of benzene rings is 2. The number of nitrogens with zero attached hydrogens (tertiary/aromatic N) is 6. The fourth-order valence-electron chi connectivity index (χ4n) is 5.52. The molecular weight excluding hydrogens is 532 g/mol.